The summed E-state index contributed by atoms with van der Waals surface area (Å²) in [4.78, 5) is 11.9. The fourth-order valence-electron chi connectivity index (χ4n) is 2.50. The lowest BCUT2D eigenvalue weighted by Gasteiger charge is -2.07. The second kappa shape index (κ2) is 9.16. The molecule has 0 bridgehead atoms. The van der Waals surface area contributed by atoms with Crippen LogP contribution in [0.3, 0.4) is 0 Å². The Bertz CT molecular complexity index is 1370. The van der Waals surface area contributed by atoms with Gasteiger partial charge in [-0.2, -0.15) is 21.9 Å². The first kappa shape index (κ1) is 22.9. The Morgan fingerprint density at radius 2 is 1.56 bits per heavy atom. The van der Waals surface area contributed by atoms with Crippen LogP contribution >= 0.6 is 0 Å². The minimum Gasteiger partial charge on any atom is -0.379 e. The van der Waals surface area contributed by atoms with Crippen molar-refractivity contribution in [3.05, 3.63) is 94.0 Å². The monoisotopic (exact) mass is 475 g/mol. The van der Waals surface area contributed by atoms with Gasteiger partial charge in [-0.25, -0.2) is 4.83 Å². The zero-order valence-electron chi connectivity index (χ0n) is 16.6. The van der Waals surface area contributed by atoms with Crippen LogP contribution in [-0.2, 0) is 20.1 Å². The fourth-order valence-corrected chi connectivity index (χ4v) is 4.21. The molecule has 0 aromatic heterocycles. The first-order valence-corrected chi connectivity index (χ1v) is 11.9. The molecule has 0 atom stereocenters. The van der Waals surface area contributed by atoms with Crippen LogP contribution in [0.2, 0.25) is 0 Å². The van der Waals surface area contributed by atoms with Crippen molar-refractivity contribution in [3.8, 4) is 5.75 Å². The van der Waals surface area contributed by atoms with Crippen LogP contribution in [-0.4, -0.2) is 28.0 Å². The van der Waals surface area contributed by atoms with Crippen LogP contribution in [0.25, 0.3) is 0 Å². The van der Waals surface area contributed by atoms with Gasteiger partial charge in [0.25, 0.3) is 15.7 Å². The Labute approximate surface area is 184 Å². The van der Waals surface area contributed by atoms with E-state index in [0.29, 0.717) is 5.56 Å². The number of non-ortho nitro benzene ring substituents is 1. The van der Waals surface area contributed by atoms with Crippen molar-refractivity contribution in [3.63, 3.8) is 0 Å². The molecule has 3 aromatic rings. The first-order valence-electron chi connectivity index (χ1n) is 8.97. The molecule has 0 unspecified atom stereocenters. The molecular formula is C20H17N3O7S2. The van der Waals surface area contributed by atoms with Gasteiger partial charge in [0, 0.05) is 12.1 Å². The van der Waals surface area contributed by atoms with Crippen molar-refractivity contribution in [2.45, 2.75) is 16.7 Å². The van der Waals surface area contributed by atoms with Crippen LogP contribution in [0, 0.1) is 17.0 Å². The predicted octanol–water partition coefficient (Wildman–Crippen LogP) is 2.98. The standard InChI is InChI=1S/C20H17N3O7S2/c1-15-5-9-19(10-6-15)31(26,27)22-21-14-16-3-2-4-18(13-16)30-32(28,29)20-11-7-17(8-12-20)23(24)25/h2-14,22H,1H3/b21-14-. The summed E-state index contributed by atoms with van der Waals surface area (Å²) in [6, 6.07) is 16.2. The summed E-state index contributed by atoms with van der Waals surface area (Å²) in [5, 5.41) is 14.4. The average molecular weight is 476 g/mol. The molecule has 0 aliphatic heterocycles. The lowest BCUT2D eigenvalue weighted by Crippen LogP contribution is -2.18. The number of sulfonamides is 1. The second-order valence-electron chi connectivity index (χ2n) is 6.53. The lowest BCUT2D eigenvalue weighted by atomic mass is 10.2. The molecule has 0 heterocycles. The van der Waals surface area contributed by atoms with Crippen molar-refractivity contribution in [1.82, 2.24) is 4.83 Å². The van der Waals surface area contributed by atoms with Gasteiger partial charge in [-0.3, -0.25) is 10.1 Å². The Morgan fingerprint density at radius 1 is 0.938 bits per heavy atom. The number of nitro benzene ring substituents is 1. The molecule has 32 heavy (non-hydrogen) atoms. The molecule has 3 rings (SSSR count). The van der Waals surface area contributed by atoms with E-state index in [1.165, 1.54) is 36.5 Å². The van der Waals surface area contributed by atoms with Crippen molar-refractivity contribution in [2.24, 2.45) is 5.10 Å². The summed E-state index contributed by atoms with van der Waals surface area (Å²) >= 11 is 0. The molecule has 3 aromatic carbocycles. The third-order valence-electron chi connectivity index (χ3n) is 4.12. The highest BCUT2D eigenvalue weighted by molar-refractivity contribution is 7.89. The van der Waals surface area contributed by atoms with Crippen LogP contribution in [0.15, 0.2) is 87.7 Å². The van der Waals surface area contributed by atoms with Crippen LogP contribution < -0.4 is 9.01 Å². The van der Waals surface area contributed by atoms with Crippen molar-refractivity contribution in [2.75, 3.05) is 0 Å². The first-order chi connectivity index (χ1) is 15.1. The van der Waals surface area contributed by atoms with Gasteiger partial charge < -0.3 is 4.18 Å². The molecule has 12 heteroatoms. The quantitative estimate of drug-likeness (QED) is 0.228. The van der Waals surface area contributed by atoms with Gasteiger partial charge in [0.2, 0.25) is 0 Å². The number of hydrazone groups is 1. The molecule has 1 N–H and O–H groups in total. The topological polar surface area (TPSA) is 145 Å². The van der Waals surface area contributed by atoms with E-state index in [1.807, 2.05) is 6.92 Å². The van der Waals surface area contributed by atoms with Gasteiger partial charge in [-0.1, -0.05) is 29.8 Å². The molecule has 0 amide bonds. The summed E-state index contributed by atoms with van der Waals surface area (Å²) in [6.07, 6.45) is 1.19. The van der Waals surface area contributed by atoms with Gasteiger partial charge in [0.15, 0.2) is 0 Å². The summed E-state index contributed by atoms with van der Waals surface area (Å²) in [7, 11) is -8.09. The molecule has 10 nitrogen and oxygen atoms in total. The number of hydrogen-bond acceptors (Lipinski definition) is 8. The number of aryl methyl sites for hydroxylation is 1. The molecular weight excluding hydrogens is 458 g/mol. The minimum absolute atomic E-state index is 0.0475. The van der Waals surface area contributed by atoms with Gasteiger partial charge in [0.05, 0.1) is 16.0 Å². The van der Waals surface area contributed by atoms with Crippen LogP contribution in [0.1, 0.15) is 11.1 Å². The maximum Gasteiger partial charge on any atom is 0.339 e. The average Bonchev–Trinajstić information content (AvgIpc) is 2.74. The lowest BCUT2D eigenvalue weighted by molar-refractivity contribution is -0.384. The summed E-state index contributed by atoms with van der Waals surface area (Å²) in [6.45, 7) is 1.83. The Hall–Kier alpha value is -3.77. The van der Waals surface area contributed by atoms with E-state index in [2.05, 4.69) is 9.93 Å². The molecule has 0 saturated carbocycles. The second-order valence-corrected chi connectivity index (χ2v) is 9.73. The fraction of sp³-hybridized carbons (Fsp3) is 0.0500. The highest BCUT2D eigenvalue weighted by Crippen LogP contribution is 2.21. The third-order valence-corrected chi connectivity index (χ3v) is 6.62. The van der Waals surface area contributed by atoms with Crippen LogP contribution in [0.4, 0.5) is 5.69 Å². The molecule has 0 aliphatic rings. The van der Waals surface area contributed by atoms with E-state index in [0.717, 1.165) is 29.8 Å². The maximum atomic E-state index is 12.4. The molecule has 0 aliphatic carbocycles. The number of benzene rings is 3. The number of hydrogen-bond donors (Lipinski definition) is 1. The zero-order valence-corrected chi connectivity index (χ0v) is 18.2. The third kappa shape index (κ3) is 5.68. The molecule has 0 fully saturated rings. The van der Waals surface area contributed by atoms with Crippen molar-refractivity contribution < 1.29 is 25.9 Å². The van der Waals surface area contributed by atoms with Crippen molar-refractivity contribution >= 4 is 32.0 Å². The predicted molar refractivity (Wildman–Crippen MR) is 116 cm³/mol. The molecule has 0 radical (unpaired) electrons. The summed E-state index contributed by atoms with van der Waals surface area (Å²) < 4.78 is 54.3. The molecule has 0 saturated heterocycles. The van der Waals surface area contributed by atoms with E-state index in [9.17, 15) is 26.9 Å². The maximum absolute atomic E-state index is 12.4. The van der Waals surface area contributed by atoms with E-state index >= 15 is 0 Å². The number of nitrogens with one attached hydrogen (secondary N) is 1. The van der Waals surface area contributed by atoms with Gasteiger partial charge in [-0.15, -0.1) is 0 Å². The van der Waals surface area contributed by atoms with E-state index < -0.39 is 25.1 Å². The van der Waals surface area contributed by atoms with Gasteiger partial charge in [-0.05, 0) is 48.9 Å². The number of rotatable bonds is 8. The SMILES string of the molecule is Cc1ccc(S(=O)(=O)N/N=C\c2cccc(OS(=O)(=O)c3ccc([N+](=O)[O-])cc3)c2)cc1. The van der Waals surface area contributed by atoms with Gasteiger partial charge >= 0.3 is 10.1 Å². The van der Waals surface area contributed by atoms with Crippen molar-refractivity contribution in [1.29, 1.82) is 0 Å². The molecule has 166 valence electrons. The highest BCUT2D eigenvalue weighted by Gasteiger charge is 2.18. The summed E-state index contributed by atoms with van der Waals surface area (Å²) in [5.41, 5.74) is 1.02. The summed E-state index contributed by atoms with van der Waals surface area (Å²) in [5.74, 6) is -0.0475. The smallest absolute Gasteiger partial charge is 0.339 e. The van der Waals surface area contributed by atoms with E-state index in [1.54, 1.807) is 18.2 Å². The van der Waals surface area contributed by atoms with Gasteiger partial charge in [0.1, 0.15) is 10.6 Å². The molecule has 0 spiro atoms. The number of nitro groups is 1. The Morgan fingerprint density at radius 3 is 2.19 bits per heavy atom. The zero-order chi connectivity index (χ0) is 23.4. The highest BCUT2D eigenvalue weighted by atomic mass is 32.2. The number of nitrogens with zero attached hydrogens (tertiary/aromatic N) is 2. The van der Waals surface area contributed by atoms with E-state index in [-0.39, 0.29) is 21.2 Å². The van der Waals surface area contributed by atoms with Crippen LogP contribution in [0.5, 0.6) is 5.75 Å². The Kier molecular flexibility index (Phi) is 6.55. The Balaban J connectivity index is 1.72. The minimum atomic E-state index is -4.23. The largest absolute Gasteiger partial charge is 0.379 e. The normalized spacial score (nSPS) is 11.9. The van der Waals surface area contributed by atoms with E-state index in [4.69, 9.17) is 4.18 Å².